The summed E-state index contributed by atoms with van der Waals surface area (Å²) in [5.74, 6) is 2.34. The van der Waals surface area contributed by atoms with Crippen LogP contribution in [0.15, 0.2) is 47.6 Å². The van der Waals surface area contributed by atoms with Gasteiger partial charge in [0.25, 0.3) is 0 Å². The van der Waals surface area contributed by atoms with Gasteiger partial charge in [0.1, 0.15) is 0 Å². The van der Waals surface area contributed by atoms with Crippen molar-refractivity contribution in [1.29, 1.82) is 0 Å². The second-order valence-electron chi connectivity index (χ2n) is 9.60. The van der Waals surface area contributed by atoms with E-state index in [0.29, 0.717) is 12.6 Å². The van der Waals surface area contributed by atoms with Crippen molar-refractivity contribution in [1.82, 2.24) is 25.1 Å². The first-order chi connectivity index (χ1) is 16.7. The van der Waals surface area contributed by atoms with Gasteiger partial charge >= 0.3 is 6.03 Å². The highest BCUT2D eigenvalue weighted by Gasteiger charge is 2.40. The highest BCUT2D eigenvalue weighted by molar-refractivity contribution is 7.98. The molecule has 6 rings (SSSR count). The Bertz CT molecular complexity index is 953. The van der Waals surface area contributed by atoms with Gasteiger partial charge in [0.05, 0.1) is 0 Å². The molecular formula is C25H35N7OS. The number of piperidine rings is 3. The van der Waals surface area contributed by atoms with E-state index in [1.165, 1.54) is 19.4 Å². The molecule has 9 heteroatoms. The first-order valence-electron chi connectivity index (χ1n) is 12.3. The summed E-state index contributed by atoms with van der Waals surface area (Å²) in [5.41, 5.74) is 0.841. The number of aromatic nitrogens is 2. The van der Waals surface area contributed by atoms with Gasteiger partial charge in [-0.3, -0.25) is 9.80 Å². The number of carbonyl (C=O) groups is 1. The second kappa shape index (κ2) is 10.9. The summed E-state index contributed by atoms with van der Waals surface area (Å²) in [7, 11) is 0. The average molecular weight is 482 g/mol. The van der Waals surface area contributed by atoms with Gasteiger partial charge in [0.15, 0.2) is 0 Å². The molecule has 1 aromatic heterocycles. The highest BCUT2D eigenvalue weighted by atomic mass is 32.2. The molecule has 4 fully saturated rings. The van der Waals surface area contributed by atoms with Crippen LogP contribution >= 0.6 is 11.8 Å². The molecule has 4 aliphatic rings. The standard InChI is InChI=1S/C25H35N7OS/c1-34-23-5-2-4-21(15-23)29-25(33)28-16-22-14-19-6-9-32(22)18-20(19)17-30-10-12-31(13-11-30)24-26-7-3-8-27-24/h2-5,7-8,15,19-20,22H,6,9-14,16-18H2,1H3,(H2,28,29,33). The lowest BCUT2D eigenvalue weighted by molar-refractivity contribution is -0.0114. The van der Waals surface area contributed by atoms with E-state index in [9.17, 15) is 4.79 Å². The van der Waals surface area contributed by atoms with Gasteiger partial charge in [-0.05, 0) is 61.7 Å². The Balaban J connectivity index is 1.06. The Hall–Kier alpha value is -2.36. The smallest absolute Gasteiger partial charge is 0.319 e. The Kier molecular flexibility index (Phi) is 7.51. The number of anilines is 2. The van der Waals surface area contributed by atoms with Gasteiger partial charge in [0.2, 0.25) is 5.95 Å². The third-order valence-corrected chi connectivity index (χ3v) is 8.27. The normalized spacial score (nSPS) is 26.9. The predicted molar refractivity (Wildman–Crippen MR) is 138 cm³/mol. The molecule has 2 N–H and O–H groups in total. The van der Waals surface area contributed by atoms with Crippen molar-refractivity contribution in [3.8, 4) is 0 Å². The molecule has 34 heavy (non-hydrogen) atoms. The molecule has 182 valence electrons. The molecule has 2 amide bonds. The van der Waals surface area contributed by atoms with Crippen molar-refractivity contribution in [2.75, 3.05) is 68.8 Å². The van der Waals surface area contributed by atoms with E-state index in [1.807, 2.05) is 49.0 Å². The number of thioether (sulfide) groups is 1. The maximum atomic E-state index is 12.4. The maximum Gasteiger partial charge on any atom is 0.319 e. The van der Waals surface area contributed by atoms with Gasteiger partial charge < -0.3 is 15.5 Å². The summed E-state index contributed by atoms with van der Waals surface area (Å²) < 4.78 is 0. The summed E-state index contributed by atoms with van der Waals surface area (Å²) in [4.78, 5) is 29.9. The first-order valence-corrected chi connectivity index (χ1v) is 13.6. The molecule has 4 saturated heterocycles. The number of hydrogen-bond donors (Lipinski definition) is 2. The molecule has 4 unspecified atom stereocenters. The van der Waals surface area contributed by atoms with Crippen LogP contribution in [-0.4, -0.2) is 90.5 Å². The maximum absolute atomic E-state index is 12.4. The van der Waals surface area contributed by atoms with Crippen LogP contribution in [0.2, 0.25) is 0 Å². The molecule has 0 saturated carbocycles. The molecular weight excluding hydrogens is 446 g/mol. The van der Waals surface area contributed by atoms with Crippen LogP contribution in [-0.2, 0) is 0 Å². The Morgan fingerprint density at radius 2 is 1.94 bits per heavy atom. The van der Waals surface area contributed by atoms with Gasteiger partial charge in [0, 0.05) is 74.8 Å². The molecule has 4 aliphatic heterocycles. The topological polar surface area (TPSA) is 76.6 Å². The van der Waals surface area contributed by atoms with Gasteiger partial charge in [-0.1, -0.05) is 6.07 Å². The zero-order chi connectivity index (χ0) is 23.3. The van der Waals surface area contributed by atoms with Crippen LogP contribution < -0.4 is 15.5 Å². The summed E-state index contributed by atoms with van der Waals surface area (Å²) >= 11 is 1.68. The van der Waals surface area contributed by atoms with Crippen molar-refractivity contribution in [3.05, 3.63) is 42.7 Å². The lowest BCUT2D eigenvalue weighted by Gasteiger charge is -2.51. The van der Waals surface area contributed by atoms with Crippen molar-refractivity contribution in [2.24, 2.45) is 11.8 Å². The molecule has 0 spiro atoms. The number of nitrogens with one attached hydrogen (secondary N) is 2. The SMILES string of the molecule is CSc1cccc(NC(=O)NCC2CC3CCN2CC3CN2CCN(c3ncccn3)CC2)c1. The van der Waals surface area contributed by atoms with Crippen LogP contribution in [0.25, 0.3) is 0 Å². The predicted octanol–water partition coefficient (Wildman–Crippen LogP) is 2.85. The lowest BCUT2D eigenvalue weighted by Crippen LogP contribution is -2.59. The average Bonchev–Trinajstić information content (AvgIpc) is 2.89. The highest BCUT2D eigenvalue weighted by Crippen LogP contribution is 2.36. The van der Waals surface area contributed by atoms with Gasteiger partial charge in [-0.25, -0.2) is 14.8 Å². The van der Waals surface area contributed by atoms with Crippen LogP contribution in [0, 0.1) is 11.8 Å². The monoisotopic (exact) mass is 481 g/mol. The summed E-state index contributed by atoms with van der Waals surface area (Å²) in [6, 6.07) is 10.2. The van der Waals surface area contributed by atoms with E-state index < -0.39 is 0 Å². The molecule has 2 aromatic rings. The van der Waals surface area contributed by atoms with Crippen LogP contribution in [0.3, 0.4) is 0 Å². The van der Waals surface area contributed by atoms with Crippen molar-refractivity contribution in [2.45, 2.75) is 23.8 Å². The molecule has 1 aromatic carbocycles. The zero-order valence-corrected chi connectivity index (χ0v) is 20.7. The second-order valence-corrected chi connectivity index (χ2v) is 10.5. The van der Waals surface area contributed by atoms with E-state index in [0.717, 1.165) is 67.6 Å². The van der Waals surface area contributed by atoms with Crippen LogP contribution in [0.4, 0.5) is 16.4 Å². The first kappa shape index (κ1) is 23.4. The fourth-order valence-electron chi connectivity index (χ4n) is 5.67. The van der Waals surface area contributed by atoms with Crippen molar-refractivity contribution >= 4 is 29.4 Å². The largest absolute Gasteiger partial charge is 0.338 e. The number of carbonyl (C=O) groups excluding carboxylic acids is 1. The number of hydrogen-bond acceptors (Lipinski definition) is 7. The Labute approximate surface area is 206 Å². The van der Waals surface area contributed by atoms with Gasteiger partial charge in [-0.2, -0.15) is 0 Å². The van der Waals surface area contributed by atoms with Crippen molar-refractivity contribution in [3.63, 3.8) is 0 Å². The molecule has 2 bridgehead atoms. The van der Waals surface area contributed by atoms with E-state index in [1.54, 1.807) is 11.8 Å². The van der Waals surface area contributed by atoms with E-state index in [2.05, 4.69) is 35.3 Å². The summed E-state index contributed by atoms with van der Waals surface area (Å²) in [6.45, 7) is 8.33. The molecule has 5 heterocycles. The van der Waals surface area contributed by atoms with E-state index in [4.69, 9.17) is 0 Å². The van der Waals surface area contributed by atoms with Crippen LogP contribution in [0.1, 0.15) is 12.8 Å². The minimum Gasteiger partial charge on any atom is -0.338 e. The molecule has 4 atom stereocenters. The van der Waals surface area contributed by atoms with E-state index >= 15 is 0 Å². The number of rotatable bonds is 7. The fraction of sp³-hybridized carbons (Fsp3) is 0.560. The van der Waals surface area contributed by atoms with Crippen LogP contribution in [0.5, 0.6) is 0 Å². The quantitative estimate of drug-likeness (QED) is 0.589. The zero-order valence-electron chi connectivity index (χ0n) is 19.9. The number of piperazine rings is 1. The number of urea groups is 1. The lowest BCUT2D eigenvalue weighted by atomic mass is 9.75. The Morgan fingerprint density at radius 1 is 1.12 bits per heavy atom. The molecule has 0 radical (unpaired) electrons. The Morgan fingerprint density at radius 3 is 2.68 bits per heavy atom. The minimum atomic E-state index is -0.113. The number of fused-ring (bicyclic) bond motifs is 3. The fourth-order valence-corrected chi connectivity index (χ4v) is 6.13. The third-order valence-electron chi connectivity index (χ3n) is 7.54. The van der Waals surface area contributed by atoms with E-state index in [-0.39, 0.29) is 6.03 Å². The number of nitrogens with zero attached hydrogens (tertiary/aromatic N) is 5. The number of benzene rings is 1. The number of amides is 2. The summed E-state index contributed by atoms with van der Waals surface area (Å²) in [5, 5.41) is 6.09. The molecule has 0 aliphatic carbocycles. The third kappa shape index (κ3) is 5.64. The molecule has 8 nitrogen and oxygen atoms in total. The van der Waals surface area contributed by atoms with Crippen molar-refractivity contribution < 1.29 is 4.79 Å². The minimum absolute atomic E-state index is 0.113. The summed E-state index contributed by atoms with van der Waals surface area (Å²) in [6.07, 6.45) is 8.15. The van der Waals surface area contributed by atoms with Gasteiger partial charge in [-0.15, -0.1) is 11.8 Å².